The third kappa shape index (κ3) is 2.91. The Morgan fingerprint density at radius 3 is 2.50 bits per heavy atom. The van der Waals surface area contributed by atoms with E-state index in [1.165, 1.54) is 0 Å². The van der Waals surface area contributed by atoms with Crippen molar-refractivity contribution in [3.05, 3.63) is 35.4 Å². The number of carbonyl (C=O) groups is 1. The SMILES string of the molecule is Cc1ccccc1C(=O)NC1(C)CCN(C)CC1. The zero-order valence-electron chi connectivity index (χ0n) is 11.5. The van der Waals surface area contributed by atoms with Crippen molar-refractivity contribution in [1.82, 2.24) is 10.2 Å². The van der Waals surface area contributed by atoms with Gasteiger partial charge in [0.25, 0.3) is 5.91 Å². The molecule has 1 fully saturated rings. The van der Waals surface area contributed by atoms with Gasteiger partial charge in [-0.25, -0.2) is 0 Å². The molecule has 1 aromatic carbocycles. The number of likely N-dealkylation sites (tertiary alicyclic amines) is 1. The Bertz CT molecular complexity index is 434. The van der Waals surface area contributed by atoms with E-state index >= 15 is 0 Å². The first kappa shape index (κ1) is 13.1. The van der Waals surface area contributed by atoms with Gasteiger partial charge in [0.1, 0.15) is 0 Å². The minimum absolute atomic E-state index is 0.0557. The molecule has 0 atom stereocenters. The summed E-state index contributed by atoms with van der Waals surface area (Å²) >= 11 is 0. The van der Waals surface area contributed by atoms with E-state index in [1.807, 2.05) is 31.2 Å². The van der Waals surface area contributed by atoms with Gasteiger partial charge in [-0.2, -0.15) is 0 Å². The van der Waals surface area contributed by atoms with Gasteiger partial charge in [0.2, 0.25) is 0 Å². The van der Waals surface area contributed by atoms with E-state index in [-0.39, 0.29) is 11.4 Å². The summed E-state index contributed by atoms with van der Waals surface area (Å²) in [6, 6.07) is 7.75. The first-order valence-electron chi connectivity index (χ1n) is 6.57. The Labute approximate surface area is 109 Å². The number of rotatable bonds is 2. The molecule has 1 amide bonds. The highest BCUT2D eigenvalue weighted by atomic mass is 16.1. The van der Waals surface area contributed by atoms with Crippen molar-refractivity contribution >= 4 is 5.91 Å². The molecule has 0 radical (unpaired) electrons. The van der Waals surface area contributed by atoms with Gasteiger partial charge in [-0.1, -0.05) is 18.2 Å². The Morgan fingerprint density at radius 1 is 1.28 bits per heavy atom. The number of benzene rings is 1. The number of hydrogen-bond acceptors (Lipinski definition) is 2. The van der Waals surface area contributed by atoms with E-state index in [1.54, 1.807) is 0 Å². The Morgan fingerprint density at radius 2 is 1.89 bits per heavy atom. The van der Waals surface area contributed by atoms with Crippen LogP contribution in [-0.2, 0) is 0 Å². The van der Waals surface area contributed by atoms with E-state index < -0.39 is 0 Å². The van der Waals surface area contributed by atoms with Gasteiger partial charge in [-0.15, -0.1) is 0 Å². The van der Waals surface area contributed by atoms with Crippen molar-refractivity contribution in [2.24, 2.45) is 0 Å². The van der Waals surface area contributed by atoms with Crippen molar-refractivity contribution in [3.8, 4) is 0 Å². The number of carbonyl (C=O) groups excluding carboxylic acids is 1. The van der Waals surface area contributed by atoms with Crippen LogP contribution in [0, 0.1) is 6.92 Å². The van der Waals surface area contributed by atoms with Crippen LogP contribution in [-0.4, -0.2) is 36.5 Å². The molecule has 0 bridgehead atoms. The summed E-state index contributed by atoms with van der Waals surface area (Å²) in [5.41, 5.74) is 1.76. The van der Waals surface area contributed by atoms with Crippen LogP contribution in [0.5, 0.6) is 0 Å². The quantitative estimate of drug-likeness (QED) is 0.867. The molecule has 0 aromatic heterocycles. The van der Waals surface area contributed by atoms with Crippen LogP contribution in [0.3, 0.4) is 0 Å². The normalized spacial score (nSPS) is 19.5. The van der Waals surface area contributed by atoms with E-state index in [4.69, 9.17) is 0 Å². The van der Waals surface area contributed by atoms with Gasteiger partial charge < -0.3 is 10.2 Å². The van der Waals surface area contributed by atoms with Crippen molar-refractivity contribution < 1.29 is 4.79 Å². The summed E-state index contributed by atoms with van der Waals surface area (Å²) in [4.78, 5) is 14.6. The second-order valence-corrected chi connectivity index (χ2v) is 5.63. The van der Waals surface area contributed by atoms with Crippen LogP contribution >= 0.6 is 0 Å². The summed E-state index contributed by atoms with van der Waals surface area (Å²) in [6.45, 7) is 6.22. The minimum Gasteiger partial charge on any atom is -0.347 e. The molecule has 2 rings (SSSR count). The standard InChI is InChI=1S/C15H22N2O/c1-12-6-4-5-7-13(12)14(18)16-15(2)8-10-17(3)11-9-15/h4-7H,8-11H2,1-3H3,(H,16,18). The van der Waals surface area contributed by atoms with Crippen molar-refractivity contribution in [2.45, 2.75) is 32.2 Å². The smallest absolute Gasteiger partial charge is 0.251 e. The maximum atomic E-state index is 12.3. The average Bonchev–Trinajstić information content (AvgIpc) is 2.34. The summed E-state index contributed by atoms with van der Waals surface area (Å²) in [5.74, 6) is 0.0557. The van der Waals surface area contributed by atoms with E-state index in [0.29, 0.717) is 0 Å². The molecule has 1 aliphatic heterocycles. The predicted molar refractivity (Wildman–Crippen MR) is 73.8 cm³/mol. The number of nitrogens with one attached hydrogen (secondary N) is 1. The molecule has 98 valence electrons. The van der Waals surface area contributed by atoms with Gasteiger partial charge in [-0.05, 0) is 45.4 Å². The number of piperidine rings is 1. The molecule has 3 nitrogen and oxygen atoms in total. The van der Waals surface area contributed by atoms with E-state index in [9.17, 15) is 4.79 Å². The van der Waals surface area contributed by atoms with Crippen molar-refractivity contribution in [1.29, 1.82) is 0 Å². The molecular formula is C15H22N2O. The fourth-order valence-corrected chi connectivity index (χ4v) is 2.41. The highest BCUT2D eigenvalue weighted by Crippen LogP contribution is 2.21. The van der Waals surface area contributed by atoms with Gasteiger partial charge in [0.05, 0.1) is 0 Å². The fraction of sp³-hybridized carbons (Fsp3) is 0.533. The first-order chi connectivity index (χ1) is 8.50. The second kappa shape index (κ2) is 5.11. The molecule has 18 heavy (non-hydrogen) atoms. The first-order valence-corrected chi connectivity index (χ1v) is 6.57. The van der Waals surface area contributed by atoms with Crippen LogP contribution in [0.15, 0.2) is 24.3 Å². The zero-order chi connectivity index (χ0) is 13.2. The number of aryl methyl sites for hydroxylation is 1. The lowest BCUT2D eigenvalue weighted by Crippen LogP contribution is -2.52. The zero-order valence-corrected chi connectivity index (χ0v) is 11.5. The Kier molecular flexibility index (Phi) is 3.71. The maximum absolute atomic E-state index is 12.3. The predicted octanol–water partition coefficient (Wildman–Crippen LogP) is 2.21. The molecule has 0 saturated carbocycles. The van der Waals surface area contributed by atoms with Crippen LogP contribution < -0.4 is 5.32 Å². The maximum Gasteiger partial charge on any atom is 0.251 e. The van der Waals surface area contributed by atoms with Gasteiger partial charge in [0, 0.05) is 24.2 Å². The lowest BCUT2D eigenvalue weighted by atomic mass is 9.89. The van der Waals surface area contributed by atoms with Crippen LogP contribution in [0.25, 0.3) is 0 Å². The highest BCUT2D eigenvalue weighted by Gasteiger charge is 2.30. The lowest BCUT2D eigenvalue weighted by Gasteiger charge is -2.38. The fourth-order valence-electron chi connectivity index (χ4n) is 2.41. The molecule has 1 N–H and O–H groups in total. The molecular weight excluding hydrogens is 224 g/mol. The summed E-state index contributed by atoms with van der Waals surface area (Å²) in [7, 11) is 2.13. The average molecular weight is 246 g/mol. The molecule has 0 spiro atoms. The monoisotopic (exact) mass is 246 g/mol. The molecule has 1 saturated heterocycles. The largest absolute Gasteiger partial charge is 0.347 e. The van der Waals surface area contributed by atoms with Crippen molar-refractivity contribution in [3.63, 3.8) is 0 Å². The summed E-state index contributed by atoms with van der Waals surface area (Å²) in [6.07, 6.45) is 2.03. The summed E-state index contributed by atoms with van der Waals surface area (Å²) < 4.78 is 0. The van der Waals surface area contributed by atoms with Crippen LogP contribution in [0.4, 0.5) is 0 Å². The van der Waals surface area contributed by atoms with Gasteiger partial charge in [-0.3, -0.25) is 4.79 Å². The Hall–Kier alpha value is -1.35. The number of nitrogens with zero attached hydrogens (tertiary/aromatic N) is 1. The second-order valence-electron chi connectivity index (χ2n) is 5.63. The van der Waals surface area contributed by atoms with Crippen LogP contribution in [0.1, 0.15) is 35.7 Å². The molecule has 3 heteroatoms. The molecule has 1 aliphatic rings. The van der Waals surface area contributed by atoms with Gasteiger partial charge in [0.15, 0.2) is 0 Å². The molecule has 1 heterocycles. The Balaban J connectivity index is 2.06. The van der Waals surface area contributed by atoms with E-state index in [0.717, 1.165) is 37.1 Å². The molecule has 1 aromatic rings. The summed E-state index contributed by atoms with van der Waals surface area (Å²) in [5, 5.41) is 3.21. The van der Waals surface area contributed by atoms with Crippen LogP contribution in [0.2, 0.25) is 0 Å². The third-order valence-electron chi connectivity index (χ3n) is 3.90. The molecule has 0 unspecified atom stereocenters. The number of hydrogen-bond donors (Lipinski definition) is 1. The van der Waals surface area contributed by atoms with Gasteiger partial charge >= 0.3 is 0 Å². The lowest BCUT2D eigenvalue weighted by molar-refractivity contribution is 0.0851. The van der Waals surface area contributed by atoms with Crippen molar-refractivity contribution in [2.75, 3.05) is 20.1 Å². The third-order valence-corrected chi connectivity index (χ3v) is 3.90. The minimum atomic E-state index is -0.0636. The highest BCUT2D eigenvalue weighted by molar-refractivity contribution is 5.96. The topological polar surface area (TPSA) is 32.3 Å². The van der Waals surface area contributed by atoms with E-state index in [2.05, 4.69) is 24.2 Å². The number of amides is 1. The molecule has 0 aliphatic carbocycles.